The second kappa shape index (κ2) is 9.45. The Morgan fingerprint density at radius 1 is 0.875 bits per heavy atom. The lowest BCUT2D eigenvalue weighted by atomic mass is 9.32. The van der Waals surface area contributed by atoms with Crippen LogP contribution in [0.2, 0.25) is 0 Å². The van der Waals surface area contributed by atoms with Crippen LogP contribution in [0.3, 0.4) is 0 Å². The zero-order valence-corrected chi connectivity index (χ0v) is 26.1. The highest BCUT2D eigenvalue weighted by Crippen LogP contribution is 2.77. The minimum absolute atomic E-state index is 0.0378. The molecular weight excluding hydrogens is 492 g/mol. The minimum atomic E-state index is -0.172. The topological polar surface area (TPSA) is 46.5 Å². The summed E-state index contributed by atoms with van der Waals surface area (Å²) in [4.78, 5) is 13.1. The largest absolute Gasteiger partial charge is 0.458 e. The molecule has 1 N–H and O–H groups in total. The number of hydrogen-bond donors (Lipinski definition) is 1. The van der Waals surface area contributed by atoms with Crippen molar-refractivity contribution in [3.8, 4) is 0 Å². The monoisotopic (exact) mass is 546 g/mol. The average molecular weight is 547 g/mol. The number of allylic oxidation sites excluding steroid dienone is 1. The lowest BCUT2D eigenvalue weighted by Crippen LogP contribution is -2.67. The first kappa shape index (κ1) is 28.5. The third-order valence-corrected chi connectivity index (χ3v) is 14.8. The quantitative estimate of drug-likeness (QED) is 0.303. The summed E-state index contributed by atoms with van der Waals surface area (Å²) >= 11 is 0. The molecule has 0 aromatic heterocycles. The van der Waals surface area contributed by atoms with Gasteiger partial charge in [-0.3, -0.25) is 0 Å². The van der Waals surface area contributed by atoms with Crippen LogP contribution in [0.15, 0.2) is 42.5 Å². The summed E-state index contributed by atoms with van der Waals surface area (Å²) in [6, 6.07) is 9.51. The molecule has 1 aromatic rings. The lowest BCUT2D eigenvalue weighted by molar-refractivity contribution is -0.249. The summed E-state index contributed by atoms with van der Waals surface area (Å²) in [7, 11) is 0. The molecule has 3 heteroatoms. The van der Waals surface area contributed by atoms with Crippen molar-refractivity contribution in [2.45, 2.75) is 112 Å². The van der Waals surface area contributed by atoms with Crippen molar-refractivity contribution in [1.29, 1.82) is 0 Å². The first-order valence-electron chi connectivity index (χ1n) is 16.4. The molecule has 5 saturated carbocycles. The van der Waals surface area contributed by atoms with Gasteiger partial charge in [-0.2, -0.15) is 0 Å². The Morgan fingerprint density at radius 2 is 1.60 bits per heavy atom. The van der Waals surface area contributed by atoms with Gasteiger partial charge in [0.05, 0.1) is 5.56 Å². The van der Waals surface area contributed by atoms with E-state index in [1.54, 1.807) is 0 Å². The smallest absolute Gasteiger partial charge is 0.338 e. The Hall–Kier alpha value is -1.61. The number of hydrogen-bond acceptors (Lipinski definition) is 3. The summed E-state index contributed by atoms with van der Waals surface area (Å²) in [6.45, 7) is 19.8. The summed E-state index contributed by atoms with van der Waals surface area (Å²) in [5.41, 5.74) is 2.92. The third kappa shape index (κ3) is 3.74. The molecule has 0 amide bonds. The molecule has 0 heterocycles. The molecule has 2 unspecified atom stereocenters. The normalized spacial score (nSPS) is 47.3. The lowest BCUT2D eigenvalue weighted by Gasteiger charge is -2.73. The minimum Gasteiger partial charge on any atom is -0.458 e. The second-order valence-electron chi connectivity index (χ2n) is 16.3. The zero-order valence-electron chi connectivity index (χ0n) is 26.1. The Bertz CT molecular complexity index is 1160. The summed E-state index contributed by atoms with van der Waals surface area (Å²) < 4.78 is 6.29. The SMILES string of the molecule is C=C(C)[C@@H]1CCC2(CO)CC[C@]3(C)[C@H](CC[C@@H]4[C@@]5(C)CCC(OC(=O)c6ccccc6)C(C)(C)[C@@H]5CC[C@]43C)[C@@H]12. The highest BCUT2D eigenvalue weighted by Gasteiger charge is 2.71. The number of ether oxygens (including phenoxy) is 1. The molecule has 3 nitrogen and oxygen atoms in total. The van der Waals surface area contributed by atoms with Crippen molar-refractivity contribution < 1.29 is 14.6 Å². The van der Waals surface area contributed by atoms with E-state index >= 15 is 0 Å². The van der Waals surface area contributed by atoms with Crippen LogP contribution < -0.4 is 0 Å². The maximum Gasteiger partial charge on any atom is 0.338 e. The molecule has 1 aromatic carbocycles. The van der Waals surface area contributed by atoms with Gasteiger partial charge in [-0.1, -0.05) is 65.0 Å². The van der Waals surface area contributed by atoms with Crippen LogP contribution in [-0.2, 0) is 4.74 Å². The van der Waals surface area contributed by atoms with E-state index in [2.05, 4.69) is 48.1 Å². The fourth-order valence-corrected chi connectivity index (χ4v) is 12.5. The van der Waals surface area contributed by atoms with E-state index in [0.717, 1.165) is 12.8 Å². The molecule has 10 atom stereocenters. The van der Waals surface area contributed by atoms with Crippen molar-refractivity contribution in [3.05, 3.63) is 48.0 Å². The highest BCUT2D eigenvalue weighted by atomic mass is 16.5. The molecule has 0 saturated heterocycles. The number of aliphatic hydroxyl groups is 1. The van der Waals surface area contributed by atoms with E-state index in [1.807, 2.05) is 30.3 Å². The molecular formula is C37H54O3. The molecule has 220 valence electrons. The Balaban J connectivity index is 1.29. The van der Waals surface area contributed by atoms with Crippen molar-refractivity contribution >= 4 is 5.97 Å². The van der Waals surface area contributed by atoms with Crippen LogP contribution >= 0.6 is 0 Å². The van der Waals surface area contributed by atoms with Gasteiger partial charge in [-0.05, 0) is 135 Å². The third-order valence-electron chi connectivity index (χ3n) is 14.8. The summed E-state index contributed by atoms with van der Waals surface area (Å²) in [6.07, 6.45) is 12.0. The first-order valence-corrected chi connectivity index (χ1v) is 16.4. The predicted molar refractivity (Wildman–Crippen MR) is 162 cm³/mol. The second-order valence-corrected chi connectivity index (χ2v) is 16.3. The van der Waals surface area contributed by atoms with Crippen LogP contribution in [0.25, 0.3) is 0 Å². The van der Waals surface area contributed by atoms with E-state index < -0.39 is 0 Å². The van der Waals surface area contributed by atoms with E-state index in [4.69, 9.17) is 4.74 Å². The van der Waals surface area contributed by atoms with E-state index in [9.17, 15) is 9.90 Å². The number of esters is 1. The van der Waals surface area contributed by atoms with E-state index in [-0.39, 0.29) is 28.3 Å². The fourth-order valence-electron chi connectivity index (χ4n) is 12.5. The van der Waals surface area contributed by atoms with Gasteiger partial charge < -0.3 is 9.84 Å². The maximum absolute atomic E-state index is 13.1. The van der Waals surface area contributed by atoms with Gasteiger partial charge in [-0.25, -0.2) is 4.79 Å². The van der Waals surface area contributed by atoms with Crippen molar-refractivity contribution in [2.24, 2.45) is 56.7 Å². The van der Waals surface area contributed by atoms with Crippen molar-refractivity contribution in [1.82, 2.24) is 0 Å². The van der Waals surface area contributed by atoms with Gasteiger partial charge in [0, 0.05) is 12.0 Å². The number of aliphatic hydroxyl groups excluding tert-OH is 1. The highest BCUT2D eigenvalue weighted by molar-refractivity contribution is 5.89. The predicted octanol–water partition coefficient (Wildman–Crippen LogP) is 8.86. The van der Waals surface area contributed by atoms with Crippen LogP contribution in [0.4, 0.5) is 0 Å². The van der Waals surface area contributed by atoms with Crippen LogP contribution in [0, 0.1) is 56.7 Å². The number of benzene rings is 1. The summed E-state index contributed by atoms with van der Waals surface area (Å²) in [5, 5.41) is 10.8. The molecule has 0 bridgehead atoms. The number of carbonyl (C=O) groups excluding carboxylic acids is 1. The standard InChI is InChI=1S/C37H54O3/c1-24(2)26-15-20-37(23-38)22-21-35(6)27(31(26)37)13-14-29-34(5)18-17-30(40-32(39)25-11-9-8-10-12-25)33(3,4)28(34)16-19-36(29,35)7/h8-12,26-31,38H,1,13-23H2,2-7H3/t26-,27+,28-,29+,30?,31+,34-,35+,36+,37?/m0/s1. The van der Waals surface area contributed by atoms with E-state index in [0.29, 0.717) is 52.6 Å². The molecule has 0 radical (unpaired) electrons. The average Bonchev–Trinajstić information content (AvgIpc) is 3.32. The van der Waals surface area contributed by atoms with Gasteiger partial charge in [0.15, 0.2) is 0 Å². The molecule has 6 rings (SSSR count). The number of fused-ring (bicyclic) bond motifs is 7. The molecule has 5 aliphatic carbocycles. The van der Waals surface area contributed by atoms with Crippen LogP contribution in [0.5, 0.6) is 0 Å². The Labute approximate surface area is 243 Å². The van der Waals surface area contributed by atoms with Crippen LogP contribution in [-0.4, -0.2) is 23.8 Å². The van der Waals surface area contributed by atoms with Gasteiger partial charge in [0.25, 0.3) is 0 Å². The van der Waals surface area contributed by atoms with E-state index in [1.165, 1.54) is 56.9 Å². The number of carbonyl (C=O) groups is 1. The van der Waals surface area contributed by atoms with Crippen molar-refractivity contribution in [3.63, 3.8) is 0 Å². The zero-order chi connectivity index (χ0) is 28.7. The fraction of sp³-hybridized carbons (Fsp3) is 0.757. The number of rotatable bonds is 4. The van der Waals surface area contributed by atoms with Gasteiger partial charge >= 0.3 is 5.97 Å². The molecule has 0 aliphatic heterocycles. The summed E-state index contributed by atoms with van der Waals surface area (Å²) in [5.74, 6) is 2.90. The first-order chi connectivity index (χ1) is 18.8. The Morgan fingerprint density at radius 3 is 2.27 bits per heavy atom. The van der Waals surface area contributed by atoms with Gasteiger partial charge in [0.2, 0.25) is 0 Å². The Kier molecular flexibility index (Phi) is 6.73. The molecule has 5 aliphatic rings. The molecule has 40 heavy (non-hydrogen) atoms. The molecule has 0 spiro atoms. The van der Waals surface area contributed by atoms with Crippen LogP contribution in [0.1, 0.15) is 116 Å². The van der Waals surface area contributed by atoms with Gasteiger partial charge in [-0.15, -0.1) is 0 Å². The van der Waals surface area contributed by atoms with Gasteiger partial charge in [0.1, 0.15) is 6.10 Å². The van der Waals surface area contributed by atoms with Crippen molar-refractivity contribution in [2.75, 3.05) is 6.61 Å². The molecule has 5 fully saturated rings. The maximum atomic E-state index is 13.1.